The number of carbonyl (C=O) groups is 1. The second kappa shape index (κ2) is 5.36. The molecule has 12 heavy (non-hydrogen) atoms. The molecule has 0 aromatic rings. The van der Waals surface area contributed by atoms with Crippen LogP contribution in [0.15, 0.2) is 5.11 Å². The van der Waals surface area contributed by atoms with Gasteiger partial charge in [-0.1, -0.05) is 5.11 Å². The molecule has 0 heterocycles. The number of ether oxygens (including phenoxy) is 1. The van der Waals surface area contributed by atoms with E-state index in [1.807, 2.05) is 0 Å². The van der Waals surface area contributed by atoms with E-state index in [1.54, 1.807) is 0 Å². The Labute approximate surface area is 68.2 Å². The van der Waals surface area contributed by atoms with Gasteiger partial charge in [0.25, 0.3) is 0 Å². The third-order valence-corrected chi connectivity index (χ3v) is 1.13. The van der Waals surface area contributed by atoms with Crippen molar-refractivity contribution in [1.82, 2.24) is 0 Å². The van der Waals surface area contributed by atoms with E-state index in [9.17, 15) is 4.79 Å². The van der Waals surface area contributed by atoms with Crippen LogP contribution in [0.2, 0.25) is 0 Å². The topological polar surface area (TPSA) is 116 Å². The number of aliphatic carboxylic acids is 1. The van der Waals surface area contributed by atoms with Crippen LogP contribution < -0.4 is 0 Å². The Morgan fingerprint density at radius 2 is 2.42 bits per heavy atom. The number of rotatable bonds is 5. The average molecular weight is 175 g/mol. The molecular weight excluding hydrogens is 166 g/mol. The first-order valence-electron chi connectivity index (χ1n) is 3.07. The van der Waals surface area contributed by atoms with E-state index in [4.69, 9.17) is 15.7 Å². The quantitative estimate of drug-likeness (QED) is 0.340. The fourth-order valence-corrected chi connectivity index (χ4v) is 0.608. The highest BCUT2D eigenvalue weighted by Gasteiger charge is 2.24. The third-order valence-electron chi connectivity index (χ3n) is 1.13. The van der Waals surface area contributed by atoms with Crippen LogP contribution in [0.25, 0.3) is 10.4 Å². The summed E-state index contributed by atoms with van der Waals surface area (Å²) in [6, 6.07) is -1.49. The molecule has 0 aromatic heterocycles. The molecule has 0 aliphatic rings. The van der Waals surface area contributed by atoms with Crippen molar-refractivity contribution in [3.63, 3.8) is 0 Å². The van der Waals surface area contributed by atoms with Crippen molar-refractivity contribution in [2.75, 3.05) is 13.7 Å². The Bertz CT molecular complexity index is 199. The number of methoxy groups -OCH3 is 1. The predicted octanol–water partition coefficient (Wildman–Crippen LogP) is -0.243. The van der Waals surface area contributed by atoms with Crippen molar-refractivity contribution in [2.24, 2.45) is 5.11 Å². The van der Waals surface area contributed by atoms with Gasteiger partial charge in [-0.2, -0.15) is 0 Å². The smallest absolute Gasteiger partial charge is 0.315 e. The summed E-state index contributed by atoms with van der Waals surface area (Å²) in [5, 5.41) is 20.4. The van der Waals surface area contributed by atoms with Crippen LogP contribution >= 0.6 is 0 Å². The number of hydrogen-bond donors (Lipinski definition) is 2. The minimum absolute atomic E-state index is 0.185. The number of carboxylic acids is 1. The van der Waals surface area contributed by atoms with Crippen molar-refractivity contribution in [2.45, 2.75) is 12.1 Å². The monoisotopic (exact) mass is 175 g/mol. The van der Waals surface area contributed by atoms with Crippen LogP contribution in [-0.2, 0) is 9.53 Å². The highest BCUT2D eigenvalue weighted by Crippen LogP contribution is 2.00. The van der Waals surface area contributed by atoms with Crippen LogP contribution in [0.1, 0.15) is 0 Å². The van der Waals surface area contributed by atoms with E-state index in [-0.39, 0.29) is 6.61 Å². The molecule has 2 atom stereocenters. The second-order valence-corrected chi connectivity index (χ2v) is 2.01. The lowest BCUT2D eigenvalue weighted by Gasteiger charge is -2.12. The molecule has 7 nitrogen and oxygen atoms in total. The highest BCUT2D eigenvalue weighted by molar-refractivity contribution is 5.74. The van der Waals surface area contributed by atoms with E-state index in [1.165, 1.54) is 7.11 Å². The van der Waals surface area contributed by atoms with Gasteiger partial charge >= 0.3 is 5.97 Å². The molecule has 0 aromatic carbocycles. The van der Waals surface area contributed by atoms with E-state index < -0.39 is 18.1 Å². The van der Waals surface area contributed by atoms with Gasteiger partial charge in [-0.3, -0.25) is 4.79 Å². The largest absolute Gasteiger partial charge is 0.481 e. The van der Waals surface area contributed by atoms with Crippen LogP contribution in [0.4, 0.5) is 0 Å². The number of azide groups is 1. The Balaban J connectivity index is 4.28. The van der Waals surface area contributed by atoms with Crippen molar-refractivity contribution in [1.29, 1.82) is 0 Å². The first-order valence-corrected chi connectivity index (χ1v) is 3.07. The SMILES string of the molecule is COC[C@@H](O)[C@@H](N=[N+]=[N-])C(=O)O. The van der Waals surface area contributed by atoms with E-state index in [0.29, 0.717) is 0 Å². The first-order chi connectivity index (χ1) is 5.63. The predicted molar refractivity (Wildman–Crippen MR) is 38.5 cm³/mol. The standard InChI is InChI=1S/C5H9N3O4/c1-12-2-3(9)4(5(10)11)7-8-6/h3-4,9H,2H2,1H3,(H,10,11)/t3-,4-/m1/s1. The molecule has 7 heteroatoms. The molecule has 0 aliphatic heterocycles. The minimum Gasteiger partial charge on any atom is -0.481 e. The van der Waals surface area contributed by atoms with Gasteiger partial charge in [-0.25, -0.2) is 0 Å². The van der Waals surface area contributed by atoms with Gasteiger partial charge in [0.05, 0.1) is 12.7 Å². The summed E-state index contributed by atoms with van der Waals surface area (Å²) in [7, 11) is 1.30. The van der Waals surface area contributed by atoms with Crippen molar-refractivity contribution in [3.8, 4) is 0 Å². The summed E-state index contributed by atoms with van der Waals surface area (Å²) in [5.41, 5.74) is 7.95. The fourth-order valence-electron chi connectivity index (χ4n) is 0.608. The molecule has 0 bridgehead atoms. The molecular formula is C5H9N3O4. The van der Waals surface area contributed by atoms with Crippen LogP contribution in [0, 0.1) is 0 Å². The van der Waals surface area contributed by atoms with Crippen LogP contribution in [0.3, 0.4) is 0 Å². The molecule has 0 fully saturated rings. The maximum absolute atomic E-state index is 10.3. The summed E-state index contributed by atoms with van der Waals surface area (Å²) in [6.07, 6.45) is -1.32. The first kappa shape index (κ1) is 10.7. The van der Waals surface area contributed by atoms with Crippen molar-refractivity contribution >= 4 is 5.97 Å². The normalized spacial score (nSPS) is 14.5. The number of aliphatic hydroxyl groups excluding tert-OH is 1. The zero-order valence-electron chi connectivity index (χ0n) is 6.41. The molecule has 0 saturated carbocycles. The lowest BCUT2D eigenvalue weighted by atomic mass is 10.2. The van der Waals surface area contributed by atoms with Gasteiger partial charge in [0.1, 0.15) is 0 Å². The Morgan fingerprint density at radius 3 is 2.75 bits per heavy atom. The summed E-state index contributed by atoms with van der Waals surface area (Å²) in [6.45, 7) is -0.185. The molecule has 0 aliphatic carbocycles. The van der Waals surface area contributed by atoms with Gasteiger partial charge in [0.15, 0.2) is 6.04 Å². The summed E-state index contributed by atoms with van der Waals surface area (Å²) in [5.74, 6) is -1.38. The molecule has 2 N–H and O–H groups in total. The molecule has 0 unspecified atom stereocenters. The number of aliphatic hydroxyl groups is 1. The minimum atomic E-state index is -1.49. The Kier molecular flexibility index (Phi) is 4.78. The number of hydrogen-bond acceptors (Lipinski definition) is 4. The van der Waals surface area contributed by atoms with Crippen LogP contribution in [-0.4, -0.2) is 42.0 Å². The van der Waals surface area contributed by atoms with Crippen LogP contribution in [0.5, 0.6) is 0 Å². The van der Waals surface area contributed by atoms with Gasteiger partial charge in [0.2, 0.25) is 0 Å². The van der Waals surface area contributed by atoms with Gasteiger partial charge in [-0.15, -0.1) is 0 Å². The summed E-state index contributed by atoms with van der Waals surface area (Å²) < 4.78 is 4.48. The molecule has 0 rings (SSSR count). The van der Waals surface area contributed by atoms with E-state index >= 15 is 0 Å². The Hall–Kier alpha value is -1.30. The summed E-state index contributed by atoms with van der Waals surface area (Å²) in [4.78, 5) is 12.6. The molecule has 68 valence electrons. The van der Waals surface area contributed by atoms with Crippen molar-refractivity contribution < 1.29 is 19.7 Å². The van der Waals surface area contributed by atoms with E-state index in [2.05, 4.69) is 14.8 Å². The molecule has 0 spiro atoms. The van der Waals surface area contributed by atoms with Gasteiger partial charge in [0, 0.05) is 12.0 Å². The lowest BCUT2D eigenvalue weighted by Crippen LogP contribution is -2.35. The van der Waals surface area contributed by atoms with Gasteiger partial charge < -0.3 is 14.9 Å². The lowest BCUT2D eigenvalue weighted by molar-refractivity contribution is -0.142. The maximum atomic E-state index is 10.3. The molecule has 0 amide bonds. The second-order valence-electron chi connectivity index (χ2n) is 2.01. The summed E-state index contributed by atoms with van der Waals surface area (Å²) >= 11 is 0. The Morgan fingerprint density at radius 1 is 1.83 bits per heavy atom. The number of carboxylic acid groups (broad SMARTS) is 1. The van der Waals surface area contributed by atoms with Crippen molar-refractivity contribution in [3.05, 3.63) is 10.4 Å². The maximum Gasteiger partial charge on any atom is 0.315 e. The van der Waals surface area contributed by atoms with E-state index in [0.717, 1.165) is 0 Å². The van der Waals surface area contributed by atoms with Gasteiger partial charge in [-0.05, 0) is 5.53 Å². The fraction of sp³-hybridized carbons (Fsp3) is 0.800. The third kappa shape index (κ3) is 3.20. The zero-order valence-corrected chi connectivity index (χ0v) is 6.41. The average Bonchev–Trinajstić information content (AvgIpc) is 1.99. The zero-order chi connectivity index (χ0) is 9.56. The highest BCUT2D eigenvalue weighted by atomic mass is 16.5. The number of nitrogens with zero attached hydrogens (tertiary/aromatic N) is 3. The molecule has 0 saturated heterocycles. The molecule has 0 radical (unpaired) electrons.